The van der Waals surface area contributed by atoms with Gasteiger partial charge in [-0.15, -0.1) is 0 Å². The average molecular weight is 491 g/mol. The van der Waals surface area contributed by atoms with Crippen LogP contribution >= 0.6 is 0 Å². The molecule has 0 amide bonds. The topological polar surface area (TPSA) is 98.1 Å². The van der Waals surface area contributed by atoms with E-state index in [9.17, 15) is 9.59 Å². The maximum atomic E-state index is 14.0. The fourth-order valence-corrected chi connectivity index (χ4v) is 4.20. The Morgan fingerprint density at radius 3 is 2.03 bits per heavy atom. The number of esters is 1. The second-order valence-electron chi connectivity index (χ2n) is 7.80. The lowest BCUT2D eigenvalue weighted by molar-refractivity contribution is 0.0600. The Labute approximate surface area is 207 Å². The number of methoxy groups -OCH3 is 5. The molecule has 0 aliphatic carbocycles. The van der Waals surface area contributed by atoms with Gasteiger partial charge < -0.3 is 23.7 Å². The highest BCUT2D eigenvalue weighted by Gasteiger charge is 2.24. The molecule has 2 heterocycles. The first-order valence-electron chi connectivity index (χ1n) is 11.0. The molecule has 0 radical (unpaired) electrons. The molecular weight excluding hydrogens is 464 g/mol. The number of ether oxygens (including phenoxy) is 5. The largest absolute Gasteiger partial charge is 0.497 e. The minimum Gasteiger partial charge on any atom is -0.497 e. The molecule has 0 aliphatic heterocycles. The first-order valence-corrected chi connectivity index (χ1v) is 11.0. The van der Waals surface area contributed by atoms with Gasteiger partial charge in [-0.1, -0.05) is 12.1 Å². The molecule has 0 atom stereocenters. The van der Waals surface area contributed by atoms with Gasteiger partial charge in [-0.05, 0) is 30.7 Å². The van der Waals surface area contributed by atoms with Crippen LogP contribution in [0.15, 0.2) is 53.5 Å². The van der Waals surface area contributed by atoms with Gasteiger partial charge in [0, 0.05) is 23.9 Å². The van der Waals surface area contributed by atoms with Crippen molar-refractivity contribution >= 4 is 16.9 Å². The van der Waals surface area contributed by atoms with E-state index in [4.69, 9.17) is 23.7 Å². The van der Waals surface area contributed by atoms with Crippen LogP contribution < -0.4 is 24.5 Å². The fraction of sp³-hybridized carbons (Fsp3) is 0.222. The van der Waals surface area contributed by atoms with E-state index in [1.54, 1.807) is 62.7 Å². The normalized spacial score (nSPS) is 10.7. The van der Waals surface area contributed by atoms with Crippen molar-refractivity contribution < 1.29 is 28.5 Å². The number of nitrogens with zero attached hydrogens (tertiary/aromatic N) is 2. The van der Waals surface area contributed by atoms with Crippen molar-refractivity contribution in [3.63, 3.8) is 0 Å². The monoisotopic (exact) mass is 490 g/mol. The van der Waals surface area contributed by atoms with E-state index in [1.807, 2.05) is 0 Å². The van der Waals surface area contributed by atoms with Crippen molar-refractivity contribution in [1.82, 2.24) is 9.55 Å². The third kappa shape index (κ3) is 4.08. The van der Waals surface area contributed by atoms with Gasteiger partial charge in [0.05, 0.1) is 63.4 Å². The molecule has 2 aromatic heterocycles. The van der Waals surface area contributed by atoms with E-state index in [-0.39, 0.29) is 16.5 Å². The lowest BCUT2D eigenvalue weighted by Crippen LogP contribution is -2.21. The molecular formula is C27H26N2O7. The molecule has 0 saturated carbocycles. The van der Waals surface area contributed by atoms with Gasteiger partial charge in [0.25, 0.3) is 5.56 Å². The summed E-state index contributed by atoms with van der Waals surface area (Å²) in [7, 11) is 7.37. The minimum atomic E-state index is -0.588. The zero-order valence-electron chi connectivity index (χ0n) is 20.9. The van der Waals surface area contributed by atoms with Crippen molar-refractivity contribution in [3.8, 4) is 39.8 Å². The fourth-order valence-electron chi connectivity index (χ4n) is 4.20. The summed E-state index contributed by atoms with van der Waals surface area (Å²) in [6.07, 6.45) is 1.62. The number of carbonyl (C=O) groups is 1. The number of pyridine rings is 2. The maximum absolute atomic E-state index is 14.0. The number of aromatic nitrogens is 2. The minimum absolute atomic E-state index is 0.218. The molecule has 36 heavy (non-hydrogen) atoms. The molecule has 9 heteroatoms. The summed E-state index contributed by atoms with van der Waals surface area (Å²) in [5, 5.41) is 0.266. The Hall–Kier alpha value is -4.53. The van der Waals surface area contributed by atoms with E-state index in [0.29, 0.717) is 51.0 Å². The van der Waals surface area contributed by atoms with Crippen LogP contribution in [0.2, 0.25) is 0 Å². The molecule has 9 nitrogen and oxygen atoms in total. The molecule has 4 aromatic rings. The van der Waals surface area contributed by atoms with Crippen molar-refractivity contribution in [2.75, 3.05) is 35.5 Å². The second-order valence-corrected chi connectivity index (χ2v) is 7.80. The number of benzene rings is 2. The Morgan fingerprint density at radius 1 is 0.861 bits per heavy atom. The van der Waals surface area contributed by atoms with Crippen LogP contribution in [-0.4, -0.2) is 51.1 Å². The summed E-state index contributed by atoms with van der Waals surface area (Å²) < 4.78 is 28.1. The number of hydrogen-bond donors (Lipinski definition) is 0. The molecule has 0 unspecified atom stereocenters. The summed E-state index contributed by atoms with van der Waals surface area (Å²) >= 11 is 0. The van der Waals surface area contributed by atoms with E-state index in [1.165, 1.54) is 33.0 Å². The Morgan fingerprint density at radius 2 is 1.50 bits per heavy atom. The van der Waals surface area contributed by atoms with Gasteiger partial charge in [-0.25, -0.2) is 4.79 Å². The molecule has 186 valence electrons. The van der Waals surface area contributed by atoms with Crippen LogP contribution in [-0.2, 0) is 4.74 Å². The van der Waals surface area contributed by atoms with Gasteiger partial charge in [0.15, 0.2) is 11.5 Å². The van der Waals surface area contributed by atoms with Crippen LogP contribution in [0.4, 0.5) is 0 Å². The standard InChI is InChI=1S/C27H26N2O7/c1-15-22(27(31)36-6)23(16-7-9-18(32-2)10-8-16)24-19(28-15)11-12-29(26(24)30)17-13-20(33-3)25(35-5)21(14-17)34-4/h7-14H,1-6H3. The highest BCUT2D eigenvalue weighted by Crippen LogP contribution is 2.39. The van der Waals surface area contributed by atoms with Crippen LogP contribution in [0.25, 0.3) is 27.7 Å². The third-order valence-electron chi connectivity index (χ3n) is 5.92. The highest BCUT2D eigenvalue weighted by molar-refractivity contribution is 6.07. The molecule has 2 aromatic carbocycles. The summed E-state index contributed by atoms with van der Waals surface area (Å²) in [6, 6.07) is 12.2. The highest BCUT2D eigenvalue weighted by atomic mass is 16.5. The van der Waals surface area contributed by atoms with Gasteiger partial charge in [-0.2, -0.15) is 0 Å². The summed E-state index contributed by atoms with van der Waals surface area (Å²) in [5.41, 5.74) is 2.28. The zero-order chi connectivity index (χ0) is 26.0. The molecule has 0 fully saturated rings. The van der Waals surface area contributed by atoms with Gasteiger partial charge >= 0.3 is 5.97 Å². The number of aryl methyl sites for hydroxylation is 1. The third-order valence-corrected chi connectivity index (χ3v) is 5.92. The molecule has 0 bridgehead atoms. The number of carbonyl (C=O) groups excluding carboxylic acids is 1. The summed E-state index contributed by atoms with van der Waals surface area (Å²) in [6.45, 7) is 1.71. The van der Waals surface area contributed by atoms with E-state index in [0.717, 1.165) is 0 Å². The Balaban J connectivity index is 2.10. The molecule has 0 aliphatic rings. The Bertz CT molecular complexity index is 1480. The first-order chi connectivity index (χ1) is 17.4. The second kappa shape index (κ2) is 9.99. The predicted molar refractivity (Wildman–Crippen MR) is 135 cm³/mol. The van der Waals surface area contributed by atoms with Crippen molar-refractivity contribution in [2.45, 2.75) is 6.92 Å². The number of fused-ring (bicyclic) bond motifs is 1. The SMILES string of the molecule is COC(=O)c1c(C)nc2ccn(-c3cc(OC)c(OC)c(OC)c3)c(=O)c2c1-c1ccc(OC)cc1. The van der Waals surface area contributed by atoms with Crippen LogP contribution in [0.1, 0.15) is 16.1 Å². The van der Waals surface area contributed by atoms with Crippen molar-refractivity contribution in [2.24, 2.45) is 0 Å². The van der Waals surface area contributed by atoms with Crippen molar-refractivity contribution in [1.29, 1.82) is 0 Å². The number of hydrogen-bond acceptors (Lipinski definition) is 8. The molecule has 0 N–H and O–H groups in total. The maximum Gasteiger partial charge on any atom is 0.340 e. The average Bonchev–Trinajstić information content (AvgIpc) is 2.91. The number of rotatable bonds is 7. The quantitative estimate of drug-likeness (QED) is 0.356. The van der Waals surface area contributed by atoms with Crippen LogP contribution in [0.5, 0.6) is 23.0 Å². The van der Waals surface area contributed by atoms with E-state index in [2.05, 4.69) is 4.98 Å². The molecule has 0 saturated heterocycles. The Kier molecular flexibility index (Phi) is 6.82. The van der Waals surface area contributed by atoms with Gasteiger partial charge in [0.2, 0.25) is 5.75 Å². The summed E-state index contributed by atoms with van der Waals surface area (Å²) in [4.78, 5) is 31.4. The van der Waals surface area contributed by atoms with Gasteiger partial charge in [-0.3, -0.25) is 14.3 Å². The van der Waals surface area contributed by atoms with Gasteiger partial charge in [0.1, 0.15) is 5.75 Å². The smallest absolute Gasteiger partial charge is 0.340 e. The molecule has 0 spiro atoms. The zero-order valence-corrected chi connectivity index (χ0v) is 20.9. The lowest BCUT2D eigenvalue weighted by atomic mass is 9.95. The predicted octanol–water partition coefficient (Wildman–Crippen LogP) is 4.18. The van der Waals surface area contributed by atoms with E-state index >= 15 is 0 Å². The van der Waals surface area contributed by atoms with Crippen LogP contribution in [0, 0.1) is 6.92 Å². The first kappa shape index (κ1) is 24.6. The van der Waals surface area contributed by atoms with E-state index < -0.39 is 5.97 Å². The lowest BCUT2D eigenvalue weighted by Gasteiger charge is -2.17. The summed E-state index contributed by atoms with van der Waals surface area (Å²) in [5.74, 6) is 1.25. The molecule has 4 rings (SSSR count). The van der Waals surface area contributed by atoms with Crippen molar-refractivity contribution in [3.05, 3.63) is 70.3 Å². The van der Waals surface area contributed by atoms with Crippen LogP contribution in [0.3, 0.4) is 0 Å².